The van der Waals surface area contributed by atoms with Crippen molar-refractivity contribution in [1.82, 2.24) is 4.31 Å². The van der Waals surface area contributed by atoms with Gasteiger partial charge in [-0.1, -0.05) is 35.9 Å². The zero-order chi connectivity index (χ0) is 24.3. The van der Waals surface area contributed by atoms with E-state index in [4.69, 9.17) is 14.2 Å². The fourth-order valence-electron chi connectivity index (χ4n) is 3.78. The first-order chi connectivity index (χ1) is 16.3. The van der Waals surface area contributed by atoms with Crippen molar-refractivity contribution in [3.63, 3.8) is 0 Å². The summed E-state index contributed by atoms with van der Waals surface area (Å²) in [6.45, 7) is 5.03. The van der Waals surface area contributed by atoms with E-state index in [1.54, 1.807) is 6.07 Å². The zero-order valence-corrected chi connectivity index (χ0v) is 20.2. The number of hydrogen-bond donors (Lipinski definition) is 0. The van der Waals surface area contributed by atoms with Crippen LogP contribution in [0.4, 0.5) is 0 Å². The normalized spacial score (nSPS) is 14.6. The number of hydrogen-bond acceptors (Lipinski definition) is 6. The molecule has 0 saturated carbocycles. The van der Waals surface area contributed by atoms with Gasteiger partial charge in [0.25, 0.3) is 0 Å². The molecular formula is C26H27NO6S. The Bertz CT molecular complexity index is 1300. The highest BCUT2D eigenvalue weighted by molar-refractivity contribution is 7.89. The highest BCUT2D eigenvalue weighted by Gasteiger charge is 2.30. The molecule has 0 spiro atoms. The molecule has 34 heavy (non-hydrogen) atoms. The summed E-state index contributed by atoms with van der Waals surface area (Å²) >= 11 is 0. The highest BCUT2D eigenvalue weighted by Crippen LogP contribution is 2.30. The third-order valence-electron chi connectivity index (χ3n) is 5.75. The summed E-state index contributed by atoms with van der Waals surface area (Å²) in [4.78, 5) is 12.9. The molecule has 0 bridgehead atoms. The molecule has 3 aromatic rings. The van der Waals surface area contributed by atoms with Crippen LogP contribution in [0.15, 0.2) is 65.6 Å². The van der Waals surface area contributed by atoms with Crippen molar-refractivity contribution in [3.8, 4) is 22.6 Å². The maximum atomic E-state index is 13.2. The number of rotatable bonds is 6. The Morgan fingerprint density at radius 2 is 1.53 bits per heavy atom. The van der Waals surface area contributed by atoms with E-state index < -0.39 is 16.0 Å². The number of methoxy groups -OCH3 is 1. The van der Waals surface area contributed by atoms with Gasteiger partial charge >= 0.3 is 5.97 Å². The van der Waals surface area contributed by atoms with Gasteiger partial charge in [-0.2, -0.15) is 4.31 Å². The first-order valence-electron chi connectivity index (χ1n) is 11.0. The van der Waals surface area contributed by atoms with Crippen molar-refractivity contribution in [1.29, 1.82) is 0 Å². The minimum Gasteiger partial charge on any atom is -0.495 e. The van der Waals surface area contributed by atoms with Gasteiger partial charge in [0.1, 0.15) is 16.4 Å². The van der Waals surface area contributed by atoms with Crippen LogP contribution >= 0.6 is 0 Å². The molecule has 7 nitrogen and oxygen atoms in total. The topological polar surface area (TPSA) is 82.1 Å². The fraction of sp³-hybridized carbons (Fsp3) is 0.269. The van der Waals surface area contributed by atoms with E-state index in [2.05, 4.69) is 0 Å². The molecule has 1 fully saturated rings. The largest absolute Gasteiger partial charge is 0.495 e. The maximum Gasteiger partial charge on any atom is 0.343 e. The van der Waals surface area contributed by atoms with Crippen LogP contribution < -0.4 is 9.47 Å². The molecule has 1 saturated heterocycles. The highest BCUT2D eigenvalue weighted by atomic mass is 32.2. The summed E-state index contributed by atoms with van der Waals surface area (Å²) in [6, 6.07) is 18.0. The van der Waals surface area contributed by atoms with Crippen molar-refractivity contribution in [3.05, 3.63) is 77.4 Å². The molecule has 0 N–H and O–H groups in total. The van der Waals surface area contributed by atoms with Crippen LogP contribution in [0.25, 0.3) is 11.1 Å². The van der Waals surface area contributed by atoms with E-state index >= 15 is 0 Å². The second-order valence-electron chi connectivity index (χ2n) is 8.12. The summed E-state index contributed by atoms with van der Waals surface area (Å²) in [5.74, 6) is -0.0665. The lowest BCUT2D eigenvalue weighted by atomic mass is 10.0. The minimum absolute atomic E-state index is 0.0715. The Kier molecular flexibility index (Phi) is 7.02. The minimum atomic E-state index is -3.86. The Morgan fingerprint density at radius 3 is 2.18 bits per heavy atom. The SMILES string of the molecule is COc1ccc(C(=O)Oc2ccc(-c3ccc(C)cc3)cc2C)cc1S(=O)(=O)N1CCOCC1. The predicted molar refractivity (Wildman–Crippen MR) is 129 cm³/mol. The molecule has 0 unspecified atom stereocenters. The van der Waals surface area contributed by atoms with E-state index in [-0.39, 0.29) is 29.3 Å². The average molecular weight is 482 g/mol. The molecule has 0 atom stereocenters. The number of aryl methyl sites for hydroxylation is 2. The lowest BCUT2D eigenvalue weighted by molar-refractivity contribution is 0.0726. The first-order valence-corrected chi connectivity index (χ1v) is 12.4. The molecule has 0 amide bonds. The van der Waals surface area contributed by atoms with E-state index in [0.29, 0.717) is 19.0 Å². The predicted octanol–water partition coefficient (Wildman–Crippen LogP) is 4.22. The van der Waals surface area contributed by atoms with Gasteiger partial charge in [0, 0.05) is 13.1 Å². The number of carbonyl (C=O) groups is 1. The van der Waals surface area contributed by atoms with Crippen LogP contribution in [-0.4, -0.2) is 52.1 Å². The van der Waals surface area contributed by atoms with Crippen LogP contribution in [0.1, 0.15) is 21.5 Å². The van der Waals surface area contributed by atoms with Gasteiger partial charge < -0.3 is 14.2 Å². The van der Waals surface area contributed by atoms with Crippen molar-refractivity contribution in [2.75, 3.05) is 33.4 Å². The van der Waals surface area contributed by atoms with Gasteiger partial charge in [0.05, 0.1) is 25.9 Å². The van der Waals surface area contributed by atoms with Crippen LogP contribution in [0.5, 0.6) is 11.5 Å². The van der Waals surface area contributed by atoms with Gasteiger partial charge in [-0.25, -0.2) is 13.2 Å². The Labute approximate surface area is 199 Å². The Hall–Kier alpha value is -3.20. The van der Waals surface area contributed by atoms with Gasteiger partial charge in [0.2, 0.25) is 10.0 Å². The second-order valence-corrected chi connectivity index (χ2v) is 10.0. The summed E-state index contributed by atoms with van der Waals surface area (Å²) in [6.07, 6.45) is 0. The number of nitrogens with zero attached hydrogens (tertiary/aromatic N) is 1. The van der Waals surface area contributed by atoms with Gasteiger partial charge in [-0.3, -0.25) is 0 Å². The lowest BCUT2D eigenvalue weighted by Gasteiger charge is -2.26. The number of esters is 1. The van der Waals surface area contributed by atoms with E-state index in [1.165, 1.54) is 35.2 Å². The quantitative estimate of drug-likeness (QED) is 0.387. The Morgan fingerprint density at radius 1 is 0.882 bits per heavy atom. The monoisotopic (exact) mass is 481 g/mol. The lowest BCUT2D eigenvalue weighted by Crippen LogP contribution is -2.40. The second kappa shape index (κ2) is 9.97. The van der Waals surface area contributed by atoms with Crippen molar-refractivity contribution >= 4 is 16.0 Å². The molecule has 1 aliphatic heterocycles. The molecule has 8 heteroatoms. The smallest absolute Gasteiger partial charge is 0.343 e. The number of sulfonamides is 1. The fourth-order valence-corrected chi connectivity index (χ4v) is 5.37. The number of ether oxygens (including phenoxy) is 3. The first kappa shape index (κ1) is 23.9. The van der Waals surface area contributed by atoms with Crippen molar-refractivity contribution in [2.45, 2.75) is 18.7 Å². The van der Waals surface area contributed by atoms with Crippen molar-refractivity contribution in [2.24, 2.45) is 0 Å². The van der Waals surface area contributed by atoms with E-state index in [1.807, 2.05) is 50.2 Å². The van der Waals surface area contributed by atoms with Gasteiger partial charge in [0.15, 0.2) is 0 Å². The standard InChI is InChI=1S/C26H27NO6S/c1-18-4-6-20(7-5-18)21-8-10-23(19(2)16-21)33-26(28)22-9-11-24(31-3)25(17-22)34(29,30)27-12-14-32-15-13-27/h4-11,16-17H,12-15H2,1-3H3. The van der Waals surface area contributed by atoms with Crippen LogP contribution in [-0.2, 0) is 14.8 Å². The summed E-state index contributed by atoms with van der Waals surface area (Å²) < 4.78 is 43.8. The third-order valence-corrected chi connectivity index (χ3v) is 7.67. The zero-order valence-electron chi connectivity index (χ0n) is 19.4. The summed E-state index contributed by atoms with van der Waals surface area (Å²) in [5.41, 5.74) is 4.18. The van der Waals surface area contributed by atoms with Crippen LogP contribution in [0, 0.1) is 13.8 Å². The summed E-state index contributed by atoms with van der Waals surface area (Å²) in [7, 11) is -2.47. The molecule has 0 aliphatic carbocycles. The number of morpholine rings is 1. The van der Waals surface area contributed by atoms with Crippen LogP contribution in [0.2, 0.25) is 0 Å². The number of carbonyl (C=O) groups excluding carboxylic acids is 1. The molecule has 4 rings (SSSR count). The summed E-state index contributed by atoms with van der Waals surface area (Å²) in [5, 5.41) is 0. The van der Waals surface area contributed by atoms with E-state index in [9.17, 15) is 13.2 Å². The molecule has 178 valence electrons. The third kappa shape index (κ3) is 4.99. The molecule has 1 heterocycles. The molecule has 0 radical (unpaired) electrons. The van der Waals surface area contributed by atoms with Crippen molar-refractivity contribution < 1.29 is 27.4 Å². The molecule has 0 aromatic heterocycles. The maximum absolute atomic E-state index is 13.2. The average Bonchev–Trinajstić information content (AvgIpc) is 2.85. The van der Waals surface area contributed by atoms with Crippen LogP contribution in [0.3, 0.4) is 0 Å². The van der Waals surface area contributed by atoms with E-state index in [0.717, 1.165) is 16.7 Å². The molecule has 3 aromatic carbocycles. The van der Waals surface area contributed by atoms with Gasteiger partial charge in [-0.15, -0.1) is 0 Å². The molecule has 1 aliphatic rings. The Balaban J connectivity index is 1.59. The number of benzene rings is 3. The molecular weight excluding hydrogens is 454 g/mol. The van der Waals surface area contributed by atoms with Gasteiger partial charge in [-0.05, 0) is 60.9 Å².